The van der Waals surface area contributed by atoms with Gasteiger partial charge in [0.05, 0.1) is 17.0 Å². The molecule has 1 saturated carbocycles. The van der Waals surface area contributed by atoms with E-state index in [0.717, 1.165) is 58.2 Å². The summed E-state index contributed by atoms with van der Waals surface area (Å²) in [7, 11) is 0. The molecular weight excluding hydrogens is 548 g/mol. The van der Waals surface area contributed by atoms with Gasteiger partial charge in [-0.25, -0.2) is 8.78 Å². The molecule has 3 unspecified atom stereocenters. The molecule has 3 atom stereocenters. The first kappa shape index (κ1) is 28.3. The summed E-state index contributed by atoms with van der Waals surface area (Å²) in [5.74, 6) is 0.0593. The number of pyridine rings is 1. The molecule has 5 heterocycles. The number of benzene rings is 2. The van der Waals surface area contributed by atoms with Crippen LogP contribution in [0.3, 0.4) is 0 Å². The van der Waals surface area contributed by atoms with Crippen LogP contribution in [0.1, 0.15) is 52.4 Å². The Morgan fingerprint density at radius 3 is 2.53 bits per heavy atom. The number of fused-ring (bicyclic) bond motifs is 5. The first-order valence-electron chi connectivity index (χ1n) is 15.8. The summed E-state index contributed by atoms with van der Waals surface area (Å²) in [6.07, 6.45) is 7.50. The number of hydrogen-bond acceptors (Lipinski definition) is 7. The van der Waals surface area contributed by atoms with E-state index in [1.165, 1.54) is 6.07 Å². The average Bonchev–Trinajstić information content (AvgIpc) is 3.69. The third-order valence-corrected chi connectivity index (χ3v) is 10.0. The van der Waals surface area contributed by atoms with E-state index < -0.39 is 11.6 Å². The standard InChI is InChI=1S/C32H33F2N5O2.C2H6/c33-24-8-2-6-20-5-1-7-22(26(20)24)28-27(34)29-23(15-35-28)30(38-16-19-13-21(17-38)25(40)14-19)37-31(36-29)41-18-32-9-3-11-39(32)12-4-10-32;1-2/h1-2,5-8,15,19,21,25,40H,3-4,9-14,16-18H2;1-2H3. The number of aromatic nitrogens is 3. The number of ether oxygens (including phenoxy) is 1. The Bertz CT molecular complexity index is 1650. The van der Waals surface area contributed by atoms with Crippen LogP contribution >= 0.6 is 0 Å². The number of halogens is 2. The summed E-state index contributed by atoms with van der Waals surface area (Å²) in [4.78, 5) is 18.7. The van der Waals surface area contributed by atoms with Gasteiger partial charge in [0, 0.05) is 36.2 Å². The fourth-order valence-electron chi connectivity index (χ4n) is 8.07. The lowest BCUT2D eigenvalue weighted by atomic mass is 9.95. The van der Waals surface area contributed by atoms with Crippen molar-refractivity contribution in [3.05, 3.63) is 54.2 Å². The van der Waals surface area contributed by atoms with Crippen LogP contribution in [-0.4, -0.2) is 69.4 Å². The van der Waals surface area contributed by atoms with Crippen molar-refractivity contribution in [2.45, 2.75) is 64.0 Å². The molecule has 3 saturated heterocycles. The van der Waals surface area contributed by atoms with Crippen molar-refractivity contribution in [1.82, 2.24) is 19.9 Å². The Hall–Kier alpha value is -3.43. The van der Waals surface area contributed by atoms with Crippen molar-refractivity contribution >= 4 is 27.5 Å². The number of rotatable bonds is 5. The highest BCUT2D eigenvalue weighted by Gasteiger charge is 2.45. The van der Waals surface area contributed by atoms with E-state index in [9.17, 15) is 9.50 Å². The van der Waals surface area contributed by atoms with Crippen LogP contribution in [0, 0.1) is 23.5 Å². The van der Waals surface area contributed by atoms with Gasteiger partial charge in [0.2, 0.25) is 0 Å². The quantitative estimate of drug-likeness (QED) is 0.291. The first-order valence-corrected chi connectivity index (χ1v) is 15.8. The predicted molar refractivity (Wildman–Crippen MR) is 164 cm³/mol. The van der Waals surface area contributed by atoms with Gasteiger partial charge in [0.25, 0.3) is 0 Å². The molecule has 2 bridgehead atoms. The van der Waals surface area contributed by atoms with Crippen molar-refractivity contribution in [2.24, 2.45) is 11.8 Å². The Kier molecular flexibility index (Phi) is 7.42. The third kappa shape index (κ3) is 4.81. The molecule has 9 heteroatoms. The lowest BCUT2D eigenvalue weighted by molar-refractivity contribution is 0.108. The van der Waals surface area contributed by atoms with Gasteiger partial charge in [0.1, 0.15) is 29.5 Å². The number of hydrogen-bond donors (Lipinski definition) is 1. The van der Waals surface area contributed by atoms with Gasteiger partial charge < -0.3 is 14.7 Å². The Morgan fingerprint density at radius 1 is 1.00 bits per heavy atom. The highest BCUT2D eigenvalue weighted by molar-refractivity contribution is 5.99. The molecule has 0 spiro atoms. The van der Waals surface area contributed by atoms with E-state index in [4.69, 9.17) is 9.72 Å². The summed E-state index contributed by atoms with van der Waals surface area (Å²) in [6.45, 7) is 8.00. The molecule has 3 aliphatic heterocycles. The average molecular weight is 588 g/mol. The fraction of sp³-hybridized carbons (Fsp3) is 0.500. The Balaban J connectivity index is 0.00000147. The van der Waals surface area contributed by atoms with Crippen LogP contribution in [0.15, 0.2) is 42.6 Å². The molecule has 1 aliphatic carbocycles. The van der Waals surface area contributed by atoms with Crippen LogP contribution < -0.4 is 9.64 Å². The highest BCUT2D eigenvalue weighted by atomic mass is 19.1. The number of nitrogens with zero attached hydrogens (tertiary/aromatic N) is 5. The van der Waals surface area contributed by atoms with Crippen LogP contribution in [-0.2, 0) is 0 Å². The predicted octanol–water partition coefficient (Wildman–Crippen LogP) is 6.36. The smallest absolute Gasteiger partial charge is 0.319 e. The van der Waals surface area contributed by atoms with Crippen molar-refractivity contribution in [2.75, 3.05) is 37.7 Å². The molecule has 2 aromatic carbocycles. The summed E-state index contributed by atoms with van der Waals surface area (Å²) in [5.41, 5.74) is 0.548. The van der Waals surface area contributed by atoms with Crippen LogP contribution in [0.4, 0.5) is 14.6 Å². The molecule has 7 nitrogen and oxygen atoms in total. The highest BCUT2D eigenvalue weighted by Crippen LogP contribution is 2.42. The molecule has 4 aromatic rings. The Morgan fingerprint density at radius 2 is 1.77 bits per heavy atom. The van der Waals surface area contributed by atoms with Gasteiger partial charge >= 0.3 is 6.01 Å². The zero-order chi connectivity index (χ0) is 29.7. The summed E-state index contributed by atoms with van der Waals surface area (Å²) in [6, 6.07) is 10.3. The summed E-state index contributed by atoms with van der Waals surface area (Å²) in [5, 5.41) is 12.0. The van der Waals surface area contributed by atoms with Crippen molar-refractivity contribution in [1.29, 1.82) is 0 Å². The largest absolute Gasteiger partial charge is 0.461 e. The van der Waals surface area contributed by atoms with Gasteiger partial charge in [0.15, 0.2) is 5.82 Å². The second-order valence-electron chi connectivity index (χ2n) is 12.4. The van der Waals surface area contributed by atoms with Gasteiger partial charge in [-0.3, -0.25) is 9.88 Å². The second kappa shape index (κ2) is 11.2. The van der Waals surface area contributed by atoms with Gasteiger partial charge in [-0.2, -0.15) is 9.97 Å². The zero-order valence-electron chi connectivity index (χ0n) is 24.9. The van der Waals surface area contributed by atoms with Crippen molar-refractivity contribution in [3.63, 3.8) is 0 Å². The molecule has 2 aromatic heterocycles. The molecule has 0 amide bonds. The fourth-order valence-corrected chi connectivity index (χ4v) is 8.07. The lowest BCUT2D eigenvalue weighted by Crippen LogP contribution is -2.43. The first-order chi connectivity index (χ1) is 21.0. The maximum atomic E-state index is 16.5. The SMILES string of the molecule is CC.OC1CC2CC1CN(c1nc(OCC34CCCN3CCC4)nc3c(F)c(-c4cccc5cccc(F)c45)ncc13)C2. The molecule has 226 valence electrons. The van der Waals surface area contributed by atoms with Crippen LogP contribution in [0.25, 0.3) is 32.9 Å². The van der Waals surface area contributed by atoms with E-state index in [1.54, 1.807) is 36.5 Å². The van der Waals surface area contributed by atoms with E-state index in [2.05, 4.69) is 19.8 Å². The van der Waals surface area contributed by atoms with Gasteiger partial charge in [-0.1, -0.05) is 44.2 Å². The molecule has 1 N–H and O–H groups in total. The van der Waals surface area contributed by atoms with E-state index in [1.807, 2.05) is 13.8 Å². The van der Waals surface area contributed by atoms with Gasteiger partial charge in [-0.15, -0.1) is 0 Å². The minimum absolute atomic E-state index is 0.00471. The van der Waals surface area contributed by atoms with Crippen molar-refractivity contribution in [3.8, 4) is 17.3 Å². The molecular formula is C34H39F2N5O2. The maximum absolute atomic E-state index is 16.5. The molecule has 4 aliphatic rings. The second-order valence-corrected chi connectivity index (χ2v) is 12.4. The molecule has 0 radical (unpaired) electrons. The lowest BCUT2D eigenvalue weighted by Gasteiger charge is -2.34. The van der Waals surface area contributed by atoms with Crippen molar-refractivity contribution < 1.29 is 18.6 Å². The summed E-state index contributed by atoms with van der Waals surface area (Å²) >= 11 is 0. The minimum Gasteiger partial charge on any atom is -0.461 e. The van der Waals surface area contributed by atoms with E-state index >= 15 is 4.39 Å². The monoisotopic (exact) mass is 587 g/mol. The Labute approximate surface area is 250 Å². The van der Waals surface area contributed by atoms with Crippen LogP contribution in [0.5, 0.6) is 6.01 Å². The number of aliphatic hydroxyl groups is 1. The van der Waals surface area contributed by atoms with E-state index in [-0.39, 0.29) is 34.8 Å². The maximum Gasteiger partial charge on any atom is 0.319 e. The normalized spacial score (nSPS) is 24.3. The van der Waals surface area contributed by atoms with E-state index in [0.29, 0.717) is 46.6 Å². The molecule has 43 heavy (non-hydrogen) atoms. The minimum atomic E-state index is -0.617. The zero-order valence-corrected chi connectivity index (χ0v) is 24.9. The number of aliphatic hydroxyl groups excluding tert-OH is 1. The van der Waals surface area contributed by atoms with Gasteiger partial charge in [-0.05, 0) is 69.0 Å². The molecule has 8 rings (SSSR count). The summed E-state index contributed by atoms with van der Waals surface area (Å²) < 4.78 is 37.8. The molecule has 4 fully saturated rings. The number of anilines is 1. The topological polar surface area (TPSA) is 74.6 Å². The number of piperidine rings is 1. The third-order valence-electron chi connectivity index (χ3n) is 10.0. The van der Waals surface area contributed by atoms with Crippen LogP contribution in [0.2, 0.25) is 0 Å².